The fourth-order valence-electron chi connectivity index (χ4n) is 5.04. The molecule has 0 bridgehead atoms. The van der Waals surface area contributed by atoms with Crippen LogP contribution in [0.1, 0.15) is 41.2 Å². The van der Waals surface area contributed by atoms with Gasteiger partial charge in [0.1, 0.15) is 11.6 Å². The molecule has 0 aromatic heterocycles. The number of aliphatic hydroxyl groups is 1. The van der Waals surface area contributed by atoms with Gasteiger partial charge in [0.2, 0.25) is 5.90 Å². The number of carbonyl (C=O) groups is 1. The number of aliphatic hydroxyl groups excluding tert-OH is 1. The van der Waals surface area contributed by atoms with Gasteiger partial charge in [-0.05, 0) is 71.6 Å². The first kappa shape index (κ1) is 32.1. The number of aliphatic imine (C=N–C) groups is 1. The third-order valence-corrected chi connectivity index (χ3v) is 7.90. The summed E-state index contributed by atoms with van der Waals surface area (Å²) in [7, 11) is 0. The van der Waals surface area contributed by atoms with Crippen LogP contribution in [0.3, 0.4) is 0 Å². The SMILES string of the molecule is O=C(NNCCc1cccc(F)c1)[C@@]1(C/C=C/c2ccccc2)N=C(c2ccc(OCCCO)cc2)O[C@H]1c1ccc(Br)cc1. The molecule has 1 aliphatic rings. The van der Waals surface area contributed by atoms with Crippen molar-refractivity contribution in [3.05, 3.63) is 142 Å². The molecule has 1 heterocycles. The summed E-state index contributed by atoms with van der Waals surface area (Å²) in [6, 6.07) is 31.2. The Bertz CT molecular complexity index is 1610. The lowest BCUT2D eigenvalue weighted by Crippen LogP contribution is -2.52. The second-order valence-electron chi connectivity index (χ2n) is 10.6. The van der Waals surface area contributed by atoms with Gasteiger partial charge in [-0.2, -0.15) is 0 Å². The molecule has 1 aliphatic heterocycles. The van der Waals surface area contributed by atoms with Crippen molar-refractivity contribution in [3.8, 4) is 5.75 Å². The van der Waals surface area contributed by atoms with E-state index in [-0.39, 0.29) is 24.8 Å². The van der Waals surface area contributed by atoms with Crippen molar-refractivity contribution in [2.45, 2.75) is 30.9 Å². The molecule has 9 heteroatoms. The number of hydrogen-bond donors (Lipinski definition) is 3. The number of hydrogen-bond acceptors (Lipinski definition) is 6. The Morgan fingerprint density at radius 1 is 1.02 bits per heavy atom. The van der Waals surface area contributed by atoms with Gasteiger partial charge in [-0.15, -0.1) is 0 Å². The number of nitrogens with one attached hydrogen (secondary N) is 2. The van der Waals surface area contributed by atoms with E-state index >= 15 is 0 Å². The molecule has 5 rings (SSSR count). The van der Waals surface area contributed by atoms with Gasteiger partial charge in [0.25, 0.3) is 5.91 Å². The van der Waals surface area contributed by atoms with Gasteiger partial charge < -0.3 is 14.6 Å². The van der Waals surface area contributed by atoms with Gasteiger partial charge in [-0.3, -0.25) is 10.2 Å². The van der Waals surface area contributed by atoms with E-state index in [4.69, 9.17) is 19.6 Å². The van der Waals surface area contributed by atoms with Gasteiger partial charge in [0.05, 0.1) is 6.61 Å². The molecule has 232 valence electrons. The van der Waals surface area contributed by atoms with Crippen LogP contribution in [0.25, 0.3) is 6.08 Å². The topological polar surface area (TPSA) is 92.2 Å². The Hall–Kier alpha value is -4.31. The first-order valence-corrected chi connectivity index (χ1v) is 15.6. The number of benzene rings is 4. The maximum absolute atomic E-state index is 14.2. The van der Waals surface area contributed by atoms with Crippen LogP contribution in [-0.4, -0.2) is 42.2 Å². The molecule has 0 spiro atoms. The van der Waals surface area contributed by atoms with E-state index in [2.05, 4.69) is 26.8 Å². The second kappa shape index (κ2) is 15.6. The number of halogens is 2. The summed E-state index contributed by atoms with van der Waals surface area (Å²) < 4.78 is 26.8. The predicted molar refractivity (Wildman–Crippen MR) is 177 cm³/mol. The number of carbonyl (C=O) groups excluding carboxylic acids is 1. The summed E-state index contributed by atoms with van der Waals surface area (Å²) in [4.78, 5) is 19.2. The molecule has 7 nitrogen and oxygen atoms in total. The molecule has 1 amide bonds. The van der Waals surface area contributed by atoms with Crippen LogP contribution in [-0.2, 0) is 16.0 Å². The predicted octanol–water partition coefficient (Wildman–Crippen LogP) is 6.57. The molecule has 4 aromatic rings. The van der Waals surface area contributed by atoms with Gasteiger partial charge in [-0.25, -0.2) is 14.8 Å². The first-order chi connectivity index (χ1) is 22.0. The molecule has 0 saturated heterocycles. The van der Waals surface area contributed by atoms with Gasteiger partial charge in [0, 0.05) is 36.0 Å². The lowest BCUT2D eigenvalue weighted by molar-refractivity contribution is -0.129. The van der Waals surface area contributed by atoms with Crippen LogP contribution in [0.5, 0.6) is 5.75 Å². The number of amides is 1. The third-order valence-electron chi connectivity index (χ3n) is 7.37. The quantitative estimate of drug-likeness (QED) is 0.104. The highest BCUT2D eigenvalue weighted by atomic mass is 79.9. The smallest absolute Gasteiger partial charge is 0.266 e. The highest BCUT2D eigenvalue weighted by Gasteiger charge is 2.52. The number of ether oxygens (including phenoxy) is 2. The van der Waals surface area contributed by atoms with Crippen LogP contribution in [0.15, 0.2) is 119 Å². The molecule has 0 fully saturated rings. The van der Waals surface area contributed by atoms with Crippen LogP contribution >= 0.6 is 15.9 Å². The van der Waals surface area contributed by atoms with Crippen molar-refractivity contribution in [1.82, 2.24) is 10.9 Å². The highest BCUT2D eigenvalue weighted by Crippen LogP contribution is 2.43. The fourth-order valence-corrected chi connectivity index (χ4v) is 5.31. The lowest BCUT2D eigenvalue weighted by Gasteiger charge is -2.30. The summed E-state index contributed by atoms with van der Waals surface area (Å²) in [5, 5.41) is 9.05. The molecular weight excluding hydrogens is 637 g/mol. The molecule has 45 heavy (non-hydrogen) atoms. The van der Waals surface area contributed by atoms with Gasteiger partial charge >= 0.3 is 0 Å². The number of rotatable bonds is 14. The van der Waals surface area contributed by atoms with E-state index in [0.29, 0.717) is 43.2 Å². The molecule has 0 unspecified atom stereocenters. The minimum absolute atomic E-state index is 0.0582. The van der Waals surface area contributed by atoms with Crippen LogP contribution in [0, 0.1) is 5.82 Å². The largest absolute Gasteiger partial charge is 0.494 e. The molecule has 4 aromatic carbocycles. The normalized spacial score (nSPS) is 17.6. The zero-order valence-electron chi connectivity index (χ0n) is 24.7. The number of hydrazine groups is 1. The fraction of sp³-hybridized carbons (Fsp3) is 0.222. The van der Waals surface area contributed by atoms with E-state index in [9.17, 15) is 9.18 Å². The Morgan fingerprint density at radius 3 is 2.53 bits per heavy atom. The van der Waals surface area contributed by atoms with Crippen molar-refractivity contribution in [3.63, 3.8) is 0 Å². The summed E-state index contributed by atoms with van der Waals surface area (Å²) in [6.07, 6.45) is 4.50. The molecule has 0 radical (unpaired) electrons. The van der Waals surface area contributed by atoms with Crippen LogP contribution < -0.4 is 15.6 Å². The Balaban J connectivity index is 1.45. The summed E-state index contributed by atoms with van der Waals surface area (Å²) >= 11 is 3.50. The van der Waals surface area contributed by atoms with E-state index in [1.54, 1.807) is 6.07 Å². The summed E-state index contributed by atoms with van der Waals surface area (Å²) in [5.41, 5.74) is 7.85. The lowest BCUT2D eigenvalue weighted by atomic mass is 9.84. The van der Waals surface area contributed by atoms with Crippen molar-refractivity contribution >= 4 is 33.8 Å². The van der Waals surface area contributed by atoms with Crippen molar-refractivity contribution in [1.29, 1.82) is 0 Å². The van der Waals surface area contributed by atoms with E-state index in [1.165, 1.54) is 12.1 Å². The van der Waals surface area contributed by atoms with Gasteiger partial charge in [0.15, 0.2) is 11.6 Å². The Labute approximate surface area is 270 Å². The molecule has 2 atom stereocenters. The van der Waals surface area contributed by atoms with E-state index in [1.807, 2.05) is 97.1 Å². The van der Waals surface area contributed by atoms with Gasteiger partial charge in [-0.1, -0.05) is 82.7 Å². The van der Waals surface area contributed by atoms with Crippen LogP contribution in [0.2, 0.25) is 0 Å². The summed E-state index contributed by atoms with van der Waals surface area (Å²) in [6.45, 7) is 0.855. The average molecular weight is 673 g/mol. The zero-order chi connectivity index (χ0) is 31.5. The zero-order valence-corrected chi connectivity index (χ0v) is 26.3. The van der Waals surface area contributed by atoms with E-state index < -0.39 is 11.6 Å². The molecule has 0 aliphatic carbocycles. The average Bonchev–Trinajstić information content (AvgIpc) is 3.45. The standard InChI is InChI=1S/C36H35BrFN3O4/c37-30-16-12-28(13-17-30)33-36(21-5-10-26-7-2-1-3-8-26,35(43)41-39-22-20-27-9-4-11-31(38)25-27)40-34(45-33)29-14-18-32(19-15-29)44-24-6-23-42/h1-5,7-19,25,33,39,42H,6,20-24H2,(H,41,43)/b10-5+/t33-,36-/m0/s1. The minimum atomic E-state index is -1.35. The number of nitrogens with zero attached hydrogens (tertiary/aromatic N) is 1. The Kier molecular flexibility index (Phi) is 11.1. The van der Waals surface area contributed by atoms with Crippen molar-refractivity contribution in [2.24, 2.45) is 4.99 Å². The maximum Gasteiger partial charge on any atom is 0.266 e. The second-order valence-corrected chi connectivity index (χ2v) is 11.5. The van der Waals surface area contributed by atoms with Crippen molar-refractivity contribution in [2.75, 3.05) is 19.8 Å². The minimum Gasteiger partial charge on any atom is -0.494 e. The third kappa shape index (κ3) is 8.45. The van der Waals surface area contributed by atoms with Crippen LogP contribution in [0.4, 0.5) is 4.39 Å². The Morgan fingerprint density at radius 2 is 1.80 bits per heavy atom. The summed E-state index contributed by atoms with van der Waals surface area (Å²) in [5.74, 6) is 0.347. The molecule has 0 saturated carbocycles. The molecular formula is C36H35BrFN3O4. The monoisotopic (exact) mass is 671 g/mol. The van der Waals surface area contributed by atoms with Crippen molar-refractivity contribution < 1.29 is 23.8 Å². The highest BCUT2D eigenvalue weighted by molar-refractivity contribution is 9.10. The maximum atomic E-state index is 14.2. The first-order valence-electron chi connectivity index (χ1n) is 14.8. The molecule has 3 N–H and O–H groups in total. The van der Waals surface area contributed by atoms with E-state index in [0.717, 1.165) is 21.2 Å².